The first-order valence-electron chi connectivity index (χ1n) is 8.09. The molecule has 1 N–H and O–H groups in total. The molecule has 27 heavy (non-hydrogen) atoms. The average molecular weight is 427 g/mol. The molecule has 0 aliphatic rings. The summed E-state index contributed by atoms with van der Waals surface area (Å²) in [6.45, 7) is 5.87. The first-order valence-corrected chi connectivity index (χ1v) is 8.88. The highest BCUT2D eigenvalue weighted by molar-refractivity contribution is 9.10. The number of ether oxygens (including phenoxy) is 2. The Morgan fingerprint density at radius 1 is 1.33 bits per heavy atom. The Kier molecular flexibility index (Phi) is 7.21. The van der Waals surface area contributed by atoms with E-state index in [4.69, 9.17) is 9.47 Å². The summed E-state index contributed by atoms with van der Waals surface area (Å²) in [6.07, 6.45) is 3.12. The molecule has 0 aliphatic carbocycles. The van der Waals surface area contributed by atoms with E-state index in [9.17, 15) is 10.1 Å². The van der Waals surface area contributed by atoms with Crippen molar-refractivity contribution in [2.75, 3.05) is 19.0 Å². The van der Waals surface area contributed by atoms with Crippen LogP contribution in [0.4, 0.5) is 5.69 Å². The zero-order chi connectivity index (χ0) is 19.8. The number of carbonyl (C=O) groups is 1. The number of aryl methyl sites for hydroxylation is 1. The van der Waals surface area contributed by atoms with Crippen molar-refractivity contribution in [1.82, 2.24) is 0 Å². The van der Waals surface area contributed by atoms with Gasteiger partial charge in [-0.3, -0.25) is 4.79 Å². The van der Waals surface area contributed by atoms with Gasteiger partial charge in [-0.15, -0.1) is 0 Å². The third-order valence-electron chi connectivity index (χ3n) is 3.58. The molecule has 0 radical (unpaired) electrons. The molecular formula is C21H19BrN2O3. The van der Waals surface area contributed by atoms with Gasteiger partial charge in [0.15, 0.2) is 11.5 Å². The van der Waals surface area contributed by atoms with Crippen LogP contribution in [0.2, 0.25) is 0 Å². The minimum atomic E-state index is -0.485. The van der Waals surface area contributed by atoms with Crippen LogP contribution in [0.1, 0.15) is 11.1 Å². The number of nitrogens with one attached hydrogen (secondary N) is 1. The van der Waals surface area contributed by atoms with Crippen LogP contribution in [-0.4, -0.2) is 19.6 Å². The predicted molar refractivity (Wildman–Crippen MR) is 110 cm³/mol. The van der Waals surface area contributed by atoms with Gasteiger partial charge in [-0.1, -0.05) is 40.7 Å². The lowest BCUT2D eigenvalue weighted by atomic mass is 10.1. The standard InChI is InChI=1S/C21H19BrN2O3/c1-4-8-27-20-12-18(22)15(11-19(20)26-3)10-16(13-23)21(25)24-17-7-5-6-14(2)9-17/h4-7,9-12H,1,8H2,2-3H3,(H,24,25)/b16-10-. The highest BCUT2D eigenvalue weighted by Crippen LogP contribution is 2.34. The van der Waals surface area contributed by atoms with E-state index in [-0.39, 0.29) is 5.57 Å². The maximum absolute atomic E-state index is 12.4. The van der Waals surface area contributed by atoms with Crippen LogP contribution < -0.4 is 14.8 Å². The van der Waals surface area contributed by atoms with Crippen molar-refractivity contribution in [2.24, 2.45) is 0 Å². The molecule has 138 valence electrons. The lowest BCUT2D eigenvalue weighted by molar-refractivity contribution is -0.112. The summed E-state index contributed by atoms with van der Waals surface area (Å²) >= 11 is 3.44. The molecule has 0 unspecified atom stereocenters. The fourth-order valence-electron chi connectivity index (χ4n) is 2.31. The lowest BCUT2D eigenvalue weighted by Crippen LogP contribution is -2.13. The second-order valence-corrected chi connectivity index (χ2v) is 6.47. The number of carbonyl (C=O) groups excluding carboxylic acids is 1. The van der Waals surface area contributed by atoms with Crippen molar-refractivity contribution in [2.45, 2.75) is 6.92 Å². The molecule has 2 aromatic rings. The number of amides is 1. The normalized spacial score (nSPS) is 10.7. The topological polar surface area (TPSA) is 71.3 Å². The second kappa shape index (κ2) is 9.60. The number of anilines is 1. The van der Waals surface area contributed by atoms with E-state index < -0.39 is 5.91 Å². The first-order chi connectivity index (χ1) is 13.0. The maximum atomic E-state index is 12.4. The Morgan fingerprint density at radius 2 is 2.11 bits per heavy atom. The van der Waals surface area contributed by atoms with Crippen molar-refractivity contribution in [3.05, 3.63) is 70.2 Å². The summed E-state index contributed by atoms with van der Waals surface area (Å²) in [7, 11) is 1.52. The fraction of sp³-hybridized carbons (Fsp3) is 0.143. The van der Waals surface area contributed by atoms with Crippen molar-refractivity contribution < 1.29 is 14.3 Å². The molecule has 1 amide bonds. The third-order valence-corrected chi connectivity index (χ3v) is 4.27. The van der Waals surface area contributed by atoms with E-state index >= 15 is 0 Å². The molecule has 0 heterocycles. The molecular weight excluding hydrogens is 408 g/mol. The van der Waals surface area contributed by atoms with Crippen molar-refractivity contribution in [3.63, 3.8) is 0 Å². The van der Waals surface area contributed by atoms with Gasteiger partial charge in [-0.05, 0) is 48.4 Å². The molecule has 6 heteroatoms. The number of hydrogen-bond acceptors (Lipinski definition) is 4. The maximum Gasteiger partial charge on any atom is 0.266 e. The van der Waals surface area contributed by atoms with Gasteiger partial charge in [0.1, 0.15) is 18.2 Å². The van der Waals surface area contributed by atoms with Crippen LogP contribution in [0.5, 0.6) is 11.5 Å². The monoisotopic (exact) mass is 426 g/mol. The molecule has 0 fully saturated rings. The summed E-state index contributed by atoms with van der Waals surface area (Å²) in [5, 5.41) is 12.1. The highest BCUT2D eigenvalue weighted by Gasteiger charge is 2.13. The quantitative estimate of drug-likeness (QED) is 0.389. The first kappa shape index (κ1) is 20.3. The van der Waals surface area contributed by atoms with Crippen LogP contribution in [-0.2, 0) is 4.79 Å². The van der Waals surface area contributed by atoms with Gasteiger partial charge in [0.2, 0.25) is 0 Å². The molecule has 2 rings (SSSR count). The average Bonchev–Trinajstić information content (AvgIpc) is 2.65. The van der Waals surface area contributed by atoms with Crippen LogP contribution >= 0.6 is 15.9 Å². The summed E-state index contributed by atoms with van der Waals surface area (Å²) < 4.78 is 11.5. The Labute approximate surface area is 167 Å². The molecule has 0 saturated carbocycles. The van der Waals surface area contributed by atoms with Crippen molar-refractivity contribution in [3.8, 4) is 17.6 Å². The van der Waals surface area contributed by atoms with E-state index in [1.54, 1.807) is 24.3 Å². The van der Waals surface area contributed by atoms with E-state index in [0.29, 0.717) is 33.8 Å². The van der Waals surface area contributed by atoms with Crippen LogP contribution in [0.3, 0.4) is 0 Å². The number of nitrogens with zero attached hydrogens (tertiary/aromatic N) is 1. The molecule has 5 nitrogen and oxygen atoms in total. The van der Waals surface area contributed by atoms with E-state index in [1.165, 1.54) is 13.2 Å². The van der Waals surface area contributed by atoms with Crippen molar-refractivity contribution in [1.29, 1.82) is 5.26 Å². The minimum Gasteiger partial charge on any atom is -0.493 e. The number of benzene rings is 2. The van der Waals surface area contributed by atoms with Gasteiger partial charge in [-0.25, -0.2) is 0 Å². The summed E-state index contributed by atoms with van der Waals surface area (Å²) in [6, 6.07) is 12.7. The number of methoxy groups -OCH3 is 1. The zero-order valence-corrected chi connectivity index (χ0v) is 16.7. The van der Waals surface area contributed by atoms with Crippen LogP contribution in [0.25, 0.3) is 6.08 Å². The minimum absolute atomic E-state index is 0.0287. The fourth-order valence-corrected chi connectivity index (χ4v) is 2.74. The Morgan fingerprint density at radius 3 is 2.74 bits per heavy atom. The SMILES string of the molecule is C=CCOc1cc(Br)c(/C=C(/C#N)C(=O)Nc2cccc(C)c2)cc1OC. The van der Waals surface area contributed by atoms with E-state index in [1.807, 2.05) is 31.2 Å². The highest BCUT2D eigenvalue weighted by atomic mass is 79.9. The lowest BCUT2D eigenvalue weighted by Gasteiger charge is -2.12. The summed E-state index contributed by atoms with van der Waals surface area (Å²) in [4.78, 5) is 12.4. The third kappa shape index (κ3) is 5.47. The van der Waals surface area contributed by atoms with Gasteiger partial charge in [0.05, 0.1) is 7.11 Å². The summed E-state index contributed by atoms with van der Waals surface area (Å²) in [5.41, 5.74) is 2.23. The molecule has 0 aromatic heterocycles. The van der Waals surface area contributed by atoms with E-state index in [2.05, 4.69) is 27.8 Å². The van der Waals surface area contributed by atoms with Gasteiger partial charge < -0.3 is 14.8 Å². The Hall–Kier alpha value is -3.04. The number of hydrogen-bond donors (Lipinski definition) is 1. The molecule has 0 spiro atoms. The zero-order valence-electron chi connectivity index (χ0n) is 15.1. The summed E-state index contributed by atoms with van der Waals surface area (Å²) in [5.74, 6) is 0.535. The second-order valence-electron chi connectivity index (χ2n) is 5.62. The molecule has 0 bridgehead atoms. The smallest absolute Gasteiger partial charge is 0.266 e. The van der Waals surface area contributed by atoms with E-state index in [0.717, 1.165) is 5.56 Å². The molecule has 0 saturated heterocycles. The van der Waals surface area contributed by atoms with Crippen LogP contribution in [0, 0.1) is 18.3 Å². The predicted octanol–water partition coefficient (Wildman–Crippen LogP) is 4.88. The van der Waals surface area contributed by atoms with Gasteiger partial charge in [0, 0.05) is 10.2 Å². The molecule has 0 atom stereocenters. The van der Waals surface area contributed by atoms with Crippen molar-refractivity contribution >= 4 is 33.6 Å². The Bertz CT molecular complexity index is 930. The molecule has 2 aromatic carbocycles. The Balaban J connectivity index is 2.32. The number of halogens is 1. The van der Waals surface area contributed by atoms with Gasteiger partial charge in [-0.2, -0.15) is 5.26 Å². The van der Waals surface area contributed by atoms with Gasteiger partial charge >= 0.3 is 0 Å². The number of nitriles is 1. The van der Waals surface area contributed by atoms with Gasteiger partial charge in [0.25, 0.3) is 5.91 Å². The number of rotatable bonds is 7. The van der Waals surface area contributed by atoms with Crippen LogP contribution in [0.15, 0.2) is 59.1 Å². The largest absolute Gasteiger partial charge is 0.493 e. The molecule has 0 aliphatic heterocycles.